The lowest BCUT2D eigenvalue weighted by Crippen LogP contribution is -2.51. The van der Waals surface area contributed by atoms with E-state index in [1.165, 1.54) is 0 Å². The molecule has 0 spiro atoms. The van der Waals surface area contributed by atoms with Crippen LogP contribution in [0.3, 0.4) is 0 Å². The molecule has 5 heteroatoms. The Bertz CT molecular complexity index is 535. The number of cyclic esters (lactones) is 2. The molecule has 2 aliphatic carbocycles. The quantitative estimate of drug-likeness (QED) is 0.526. The molecular formula is C21H32O5. The smallest absolute Gasteiger partial charge is 0.323 e. The minimum Gasteiger partial charge on any atom is -0.422 e. The molecule has 0 bridgehead atoms. The third kappa shape index (κ3) is 3.81. The van der Waals surface area contributed by atoms with Crippen molar-refractivity contribution in [3.05, 3.63) is 0 Å². The van der Waals surface area contributed by atoms with Crippen molar-refractivity contribution in [1.82, 2.24) is 0 Å². The Kier molecular flexibility index (Phi) is 5.73. The Balaban J connectivity index is 1.88. The van der Waals surface area contributed by atoms with E-state index in [0.29, 0.717) is 6.42 Å². The summed E-state index contributed by atoms with van der Waals surface area (Å²) in [4.78, 5) is 38.7. The molecule has 1 aliphatic heterocycles. The van der Waals surface area contributed by atoms with E-state index in [2.05, 4.69) is 0 Å². The summed E-state index contributed by atoms with van der Waals surface area (Å²) in [5.41, 5.74) is 0. The SMILES string of the molecule is CCC(C1C(=O)OC(C)(C)OC1=O)C(C(=O)C1CCCC1)C1CCCC1. The molecule has 5 nitrogen and oxygen atoms in total. The number of ketones is 1. The zero-order valence-corrected chi connectivity index (χ0v) is 16.3. The monoisotopic (exact) mass is 364 g/mol. The van der Waals surface area contributed by atoms with Gasteiger partial charge in [-0.3, -0.25) is 14.4 Å². The number of ether oxygens (including phenoxy) is 2. The number of carbonyl (C=O) groups excluding carboxylic acids is 3. The molecular weight excluding hydrogens is 332 g/mol. The maximum atomic E-state index is 13.4. The summed E-state index contributed by atoms with van der Waals surface area (Å²) in [6, 6.07) is 0. The van der Waals surface area contributed by atoms with Gasteiger partial charge in [0.15, 0.2) is 5.92 Å². The summed E-state index contributed by atoms with van der Waals surface area (Å²) in [7, 11) is 0. The minimum absolute atomic E-state index is 0.0988. The number of hydrogen-bond acceptors (Lipinski definition) is 5. The highest BCUT2D eigenvalue weighted by Crippen LogP contribution is 2.44. The molecule has 146 valence electrons. The lowest BCUT2D eigenvalue weighted by atomic mass is 9.68. The van der Waals surface area contributed by atoms with Crippen LogP contribution in [0.4, 0.5) is 0 Å². The van der Waals surface area contributed by atoms with Crippen LogP contribution in [0.15, 0.2) is 0 Å². The third-order valence-electron chi connectivity index (χ3n) is 6.56. The summed E-state index contributed by atoms with van der Waals surface area (Å²) >= 11 is 0. The lowest BCUT2D eigenvalue weighted by Gasteiger charge is -2.39. The van der Waals surface area contributed by atoms with Crippen LogP contribution >= 0.6 is 0 Å². The van der Waals surface area contributed by atoms with Crippen LogP contribution in [0, 0.1) is 29.6 Å². The first-order valence-electron chi connectivity index (χ1n) is 10.3. The molecule has 0 N–H and O–H groups in total. The van der Waals surface area contributed by atoms with Gasteiger partial charge >= 0.3 is 11.9 Å². The first kappa shape index (κ1) is 19.4. The van der Waals surface area contributed by atoms with Crippen molar-refractivity contribution >= 4 is 17.7 Å². The number of Topliss-reactive ketones (excluding diaryl/α,β-unsaturated/α-hetero) is 1. The van der Waals surface area contributed by atoms with Crippen LogP contribution in [0.2, 0.25) is 0 Å². The summed E-state index contributed by atoms with van der Waals surface area (Å²) in [6.45, 7) is 5.10. The second kappa shape index (κ2) is 7.69. The van der Waals surface area contributed by atoms with E-state index in [1.54, 1.807) is 13.8 Å². The lowest BCUT2D eigenvalue weighted by molar-refractivity contribution is -0.243. The molecule has 3 rings (SSSR count). The second-order valence-electron chi connectivity index (χ2n) is 8.75. The van der Waals surface area contributed by atoms with Crippen LogP contribution in [0.5, 0.6) is 0 Å². The predicted molar refractivity (Wildman–Crippen MR) is 95.9 cm³/mol. The zero-order valence-electron chi connectivity index (χ0n) is 16.3. The molecule has 0 radical (unpaired) electrons. The average molecular weight is 364 g/mol. The molecule has 26 heavy (non-hydrogen) atoms. The van der Waals surface area contributed by atoms with Gasteiger partial charge in [0.1, 0.15) is 5.78 Å². The predicted octanol–water partition coefficient (Wildman–Crippen LogP) is 4.03. The van der Waals surface area contributed by atoms with Gasteiger partial charge in [-0.25, -0.2) is 0 Å². The normalized spacial score (nSPS) is 27.2. The molecule has 2 saturated carbocycles. The van der Waals surface area contributed by atoms with E-state index in [9.17, 15) is 14.4 Å². The zero-order chi connectivity index (χ0) is 18.9. The van der Waals surface area contributed by atoms with Gasteiger partial charge in [0.05, 0.1) is 0 Å². The van der Waals surface area contributed by atoms with Crippen LogP contribution in [0.1, 0.15) is 78.6 Å². The maximum absolute atomic E-state index is 13.4. The van der Waals surface area contributed by atoms with Gasteiger partial charge in [-0.15, -0.1) is 0 Å². The molecule has 0 aromatic heterocycles. The number of carbonyl (C=O) groups is 3. The summed E-state index contributed by atoms with van der Waals surface area (Å²) < 4.78 is 10.7. The fourth-order valence-electron chi connectivity index (χ4n) is 5.37. The standard InChI is InChI=1S/C21H32O5/c1-4-15(17-19(23)25-21(2,3)26-20(17)24)16(13-9-5-6-10-13)18(22)14-11-7-8-12-14/h13-17H,4-12H2,1-3H3. The fourth-order valence-corrected chi connectivity index (χ4v) is 5.37. The van der Waals surface area contributed by atoms with E-state index in [1.807, 2.05) is 6.92 Å². The minimum atomic E-state index is -1.22. The highest BCUT2D eigenvalue weighted by atomic mass is 16.7. The summed E-state index contributed by atoms with van der Waals surface area (Å²) in [5.74, 6) is -3.12. The van der Waals surface area contributed by atoms with Gasteiger partial charge < -0.3 is 9.47 Å². The van der Waals surface area contributed by atoms with Crippen LogP contribution in [-0.4, -0.2) is 23.5 Å². The van der Waals surface area contributed by atoms with Gasteiger partial charge in [0.2, 0.25) is 0 Å². The fraction of sp³-hybridized carbons (Fsp3) is 0.857. The molecule has 3 fully saturated rings. The Labute approximate surface area is 156 Å². The largest absolute Gasteiger partial charge is 0.422 e. The number of hydrogen-bond donors (Lipinski definition) is 0. The van der Waals surface area contributed by atoms with E-state index in [4.69, 9.17) is 9.47 Å². The van der Waals surface area contributed by atoms with Crippen molar-refractivity contribution in [2.45, 2.75) is 84.3 Å². The highest BCUT2D eigenvalue weighted by Gasteiger charge is 2.52. The Hall–Kier alpha value is -1.39. The Morgan fingerprint density at radius 2 is 1.50 bits per heavy atom. The summed E-state index contributed by atoms with van der Waals surface area (Å²) in [6.07, 6.45) is 9.00. The van der Waals surface area contributed by atoms with Gasteiger partial charge in [0.25, 0.3) is 5.79 Å². The van der Waals surface area contributed by atoms with Gasteiger partial charge in [0, 0.05) is 25.7 Å². The van der Waals surface area contributed by atoms with E-state index in [-0.39, 0.29) is 29.5 Å². The van der Waals surface area contributed by atoms with Crippen molar-refractivity contribution in [3.8, 4) is 0 Å². The average Bonchev–Trinajstić information content (AvgIpc) is 3.25. The first-order valence-corrected chi connectivity index (χ1v) is 10.3. The molecule has 0 aromatic carbocycles. The molecule has 1 saturated heterocycles. The summed E-state index contributed by atoms with van der Waals surface area (Å²) in [5, 5.41) is 0. The van der Waals surface area contributed by atoms with Crippen molar-refractivity contribution in [2.24, 2.45) is 29.6 Å². The molecule has 0 amide bonds. The number of esters is 2. The van der Waals surface area contributed by atoms with E-state index < -0.39 is 23.6 Å². The maximum Gasteiger partial charge on any atom is 0.323 e. The third-order valence-corrected chi connectivity index (χ3v) is 6.56. The van der Waals surface area contributed by atoms with Gasteiger partial charge in [-0.2, -0.15) is 0 Å². The topological polar surface area (TPSA) is 69.7 Å². The van der Waals surface area contributed by atoms with Crippen LogP contribution in [-0.2, 0) is 23.9 Å². The van der Waals surface area contributed by atoms with Crippen LogP contribution < -0.4 is 0 Å². The van der Waals surface area contributed by atoms with Crippen molar-refractivity contribution < 1.29 is 23.9 Å². The molecule has 2 unspecified atom stereocenters. The van der Waals surface area contributed by atoms with Gasteiger partial charge in [-0.1, -0.05) is 39.0 Å². The van der Waals surface area contributed by atoms with Crippen molar-refractivity contribution in [1.29, 1.82) is 0 Å². The Morgan fingerprint density at radius 1 is 1.00 bits per heavy atom. The van der Waals surface area contributed by atoms with Gasteiger partial charge in [-0.05, 0) is 37.5 Å². The van der Waals surface area contributed by atoms with Crippen molar-refractivity contribution in [3.63, 3.8) is 0 Å². The molecule has 3 aliphatic rings. The van der Waals surface area contributed by atoms with Crippen LogP contribution in [0.25, 0.3) is 0 Å². The first-order chi connectivity index (χ1) is 12.3. The molecule has 0 aromatic rings. The van der Waals surface area contributed by atoms with E-state index >= 15 is 0 Å². The van der Waals surface area contributed by atoms with E-state index in [0.717, 1.165) is 51.4 Å². The molecule has 1 heterocycles. The Morgan fingerprint density at radius 3 is 2.00 bits per heavy atom. The molecule has 2 atom stereocenters. The highest BCUT2D eigenvalue weighted by molar-refractivity contribution is 5.98. The second-order valence-corrected chi connectivity index (χ2v) is 8.75. The van der Waals surface area contributed by atoms with Crippen molar-refractivity contribution in [2.75, 3.05) is 0 Å². The number of rotatable bonds is 6.